The molecule has 0 aliphatic carbocycles. The van der Waals surface area contributed by atoms with Gasteiger partial charge in [-0.15, -0.1) is 5.10 Å². The van der Waals surface area contributed by atoms with Gasteiger partial charge in [-0.1, -0.05) is 11.4 Å². The van der Waals surface area contributed by atoms with Gasteiger partial charge in [-0.05, 0) is 12.8 Å². The van der Waals surface area contributed by atoms with E-state index in [1.165, 1.54) is 11.5 Å². The molecular weight excluding hydrogens is 224 g/mol. The van der Waals surface area contributed by atoms with Crippen LogP contribution in [0.5, 0.6) is 0 Å². The van der Waals surface area contributed by atoms with E-state index in [-0.39, 0.29) is 11.8 Å². The summed E-state index contributed by atoms with van der Waals surface area (Å²) in [6, 6.07) is 0. The largest absolute Gasteiger partial charge is 0.377 e. The van der Waals surface area contributed by atoms with Gasteiger partial charge >= 0.3 is 0 Å². The number of anilines is 1. The fourth-order valence-electron chi connectivity index (χ4n) is 1.97. The molecule has 0 spiro atoms. The van der Waals surface area contributed by atoms with Crippen LogP contribution < -0.4 is 5.32 Å². The lowest BCUT2D eigenvalue weighted by molar-refractivity contribution is -0.138. The van der Waals surface area contributed by atoms with Crippen molar-refractivity contribution < 1.29 is 4.79 Å². The highest BCUT2D eigenvalue weighted by molar-refractivity contribution is 7.10. The lowest BCUT2D eigenvalue weighted by Crippen LogP contribution is -2.39. The molecule has 1 unspecified atom stereocenters. The number of hydrogen-bond acceptors (Lipinski definition) is 5. The van der Waals surface area contributed by atoms with Gasteiger partial charge in [0.2, 0.25) is 5.91 Å². The highest BCUT2D eigenvalue weighted by Crippen LogP contribution is 2.23. The maximum absolute atomic E-state index is 11.9. The van der Waals surface area contributed by atoms with E-state index in [1.807, 2.05) is 18.9 Å². The molecule has 1 saturated heterocycles. The second kappa shape index (κ2) is 4.78. The maximum atomic E-state index is 11.9. The first-order valence-corrected chi connectivity index (χ1v) is 6.27. The number of nitrogens with one attached hydrogen (secondary N) is 1. The van der Waals surface area contributed by atoms with E-state index < -0.39 is 0 Å². The van der Waals surface area contributed by atoms with Gasteiger partial charge in [-0.25, -0.2) is 0 Å². The Balaban J connectivity index is 2.06. The quantitative estimate of drug-likeness (QED) is 0.866. The van der Waals surface area contributed by atoms with E-state index >= 15 is 0 Å². The van der Waals surface area contributed by atoms with Crippen LogP contribution in [-0.4, -0.2) is 34.0 Å². The van der Waals surface area contributed by atoms with Crippen LogP contribution in [0.15, 0.2) is 0 Å². The van der Waals surface area contributed by atoms with Crippen LogP contribution in [0.2, 0.25) is 0 Å². The highest BCUT2D eigenvalue weighted by atomic mass is 32.1. The van der Waals surface area contributed by atoms with Crippen LogP contribution in [-0.2, 0) is 11.3 Å². The zero-order valence-corrected chi connectivity index (χ0v) is 10.4. The Morgan fingerprint density at radius 3 is 3.19 bits per heavy atom. The molecule has 0 bridgehead atoms. The number of aromatic nitrogens is 2. The van der Waals surface area contributed by atoms with E-state index in [9.17, 15) is 4.79 Å². The van der Waals surface area contributed by atoms with Crippen LogP contribution in [0, 0.1) is 5.92 Å². The first-order chi connectivity index (χ1) is 7.72. The lowest BCUT2D eigenvalue weighted by Gasteiger charge is -2.30. The van der Waals surface area contributed by atoms with Gasteiger partial charge in [-0.3, -0.25) is 4.79 Å². The van der Waals surface area contributed by atoms with Crippen molar-refractivity contribution in [1.29, 1.82) is 0 Å². The summed E-state index contributed by atoms with van der Waals surface area (Å²) in [6.45, 7) is 3.41. The minimum Gasteiger partial charge on any atom is -0.377 e. The fraction of sp³-hybridized carbons (Fsp3) is 0.700. The third-order valence-electron chi connectivity index (χ3n) is 2.92. The Morgan fingerprint density at radius 1 is 1.62 bits per heavy atom. The van der Waals surface area contributed by atoms with Crippen molar-refractivity contribution in [1.82, 2.24) is 14.5 Å². The Labute approximate surface area is 99.0 Å². The summed E-state index contributed by atoms with van der Waals surface area (Å²) >= 11 is 1.33. The van der Waals surface area contributed by atoms with Gasteiger partial charge in [-0.2, -0.15) is 0 Å². The summed E-state index contributed by atoms with van der Waals surface area (Å²) < 4.78 is 3.89. The van der Waals surface area contributed by atoms with Gasteiger partial charge in [0, 0.05) is 31.0 Å². The second-order valence-corrected chi connectivity index (χ2v) is 4.86. The second-order valence-electron chi connectivity index (χ2n) is 4.10. The lowest BCUT2D eigenvalue weighted by atomic mass is 9.99. The Hall–Kier alpha value is -1.17. The summed E-state index contributed by atoms with van der Waals surface area (Å²) in [5.41, 5.74) is 0.870. The molecule has 88 valence electrons. The first-order valence-electron chi connectivity index (χ1n) is 5.50. The topological polar surface area (TPSA) is 58.1 Å². The van der Waals surface area contributed by atoms with Gasteiger partial charge in [0.05, 0.1) is 6.54 Å². The number of carbonyl (C=O) groups excluding carboxylic acids is 1. The molecule has 1 aliphatic heterocycles. The molecule has 1 aliphatic rings. The Morgan fingerprint density at radius 2 is 2.44 bits per heavy atom. The van der Waals surface area contributed by atoms with Crippen LogP contribution in [0.3, 0.4) is 0 Å². The molecule has 1 amide bonds. The van der Waals surface area contributed by atoms with Gasteiger partial charge < -0.3 is 10.2 Å². The average molecular weight is 240 g/mol. The zero-order chi connectivity index (χ0) is 11.5. The normalized spacial score (nSPS) is 21.2. The summed E-state index contributed by atoms with van der Waals surface area (Å²) in [5, 5.41) is 8.05. The molecule has 1 atom stereocenters. The molecule has 2 heterocycles. The van der Waals surface area contributed by atoms with Crippen LogP contribution in [0.4, 0.5) is 5.00 Å². The average Bonchev–Trinajstić information content (AvgIpc) is 2.72. The van der Waals surface area contributed by atoms with Crippen molar-refractivity contribution >= 4 is 22.4 Å². The number of amides is 1. The van der Waals surface area contributed by atoms with E-state index in [0.29, 0.717) is 6.54 Å². The number of carbonyl (C=O) groups is 1. The SMILES string of the molecule is CNc1snnc1CN1CCCC(C)C1=O. The molecule has 16 heavy (non-hydrogen) atoms. The van der Waals surface area contributed by atoms with Crippen molar-refractivity contribution in [2.45, 2.75) is 26.3 Å². The van der Waals surface area contributed by atoms with Crippen LogP contribution >= 0.6 is 11.5 Å². The van der Waals surface area contributed by atoms with Gasteiger partial charge in [0.25, 0.3) is 0 Å². The van der Waals surface area contributed by atoms with E-state index in [1.54, 1.807) is 0 Å². The number of rotatable bonds is 3. The van der Waals surface area contributed by atoms with E-state index in [2.05, 4.69) is 14.9 Å². The van der Waals surface area contributed by atoms with E-state index in [4.69, 9.17) is 0 Å². The number of hydrogen-bond donors (Lipinski definition) is 1. The van der Waals surface area contributed by atoms with Crippen molar-refractivity contribution in [3.8, 4) is 0 Å². The molecule has 2 rings (SSSR count). The molecule has 0 radical (unpaired) electrons. The minimum atomic E-state index is 0.151. The molecule has 1 aromatic rings. The molecule has 5 nitrogen and oxygen atoms in total. The van der Waals surface area contributed by atoms with Crippen molar-refractivity contribution in [3.63, 3.8) is 0 Å². The maximum Gasteiger partial charge on any atom is 0.225 e. The van der Waals surface area contributed by atoms with Crippen molar-refractivity contribution in [3.05, 3.63) is 5.69 Å². The summed E-state index contributed by atoms with van der Waals surface area (Å²) in [4.78, 5) is 13.8. The molecule has 1 N–H and O–H groups in total. The minimum absolute atomic E-state index is 0.151. The smallest absolute Gasteiger partial charge is 0.225 e. The number of likely N-dealkylation sites (tertiary alicyclic amines) is 1. The monoisotopic (exact) mass is 240 g/mol. The molecule has 1 aromatic heterocycles. The number of nitrogens with zero attached hydrogens (tertiary/aromatic N) is 3. The van der Waals surface area contributed by atoms with Crippen LogP contribution in [0.25, 0.3) is 0 Å². The first kappa shape index (κ1) is 11.3. The predicted octanol–water partition coefficient (Wildman–Crippen LogP) is 1.34. The third kappa shape index (κ3) is 2.16. The van der Waals surface area contributed by atoms with Gasteiger partial charge in [0.15, 0.2) is 0 Å². The zero-order valence-electron chi connectivity index (χ0n) is 9.56. The number of piperidine rings is 1. The highest BCUT2D eigenvalue weighted by Gasteiger charge is 2.26. The molecule has 1 fully saturated rings. The van der Waals surface area contributed by atoms with E-state index in [0.717, 1.165) is 30.1 Å². The Kier molecular flexibility index (Phi) is 3.38. The summed E-state index contributed by atoms with van der Waals surface area (Å²) in [7, 11) is 1.85. The summed E-state index contributed by atoms with van der Waals surface area (Å²) in [6.07, 6.45) is 2.09. The fourth-order valence-corrected chi connectivity index (χ4v) is 2.50. The molecule has 6 heteroatoms. The standard InChI is InChI=1S/C10H16N4OS/c1-7-4-3-5-14(10(7)15)6-8-9(11-2)16-13-12-8/h7,11H,3-6H2,1-2H3. The van der Waals surface area contributed by atoms with Crippen molar-refractivity contribution in [2.24, 2.45) is 5.92 Å². The molecular formula is C10H16N4OS. The summed E-state index contributed by atoms with van der Waals surface area (Å²) in [5.74, 6) is 0.389. The van der Waals surface area contributed by atoms with Crippen LogP contribution in [0.1, 0.15) is 25.5 Å². The predicted molar refractivity (Wildman–Crippen MR) is 63.3 cm³/mol. The molecule has 0 saturated carbocycles. The Bertz CT molecular complexity index is 379. The van der Waals surface area contributed by atoms with Gasteiger partial charge in [0.1, 0.15) is 10.7 Å². The van der Waals surface area contributed by atoms with Crippen molar-refractivity contribution in [2.75, 3.05) is 18.9 Å². The third-order valence-corrected chi connectivity index (χ3v) is 3.71. The molecule has 0 aromatic carbocycles.